The Morgan fingerprint density at radius 1 is 1.32 bits per heavy atom. The minimum atomic E-state index is -3.10. The molecule has 28 heavy (non-hydrogen) atoms. The molecule has 0 spiro atoms. The maximum atomic E-state index is 12.6. The first-order valence-electron chi connectivity index (χ1n) is 9.64. The second-order valence-corrected chi connectivity index (χ2v) is 10.2. The standard InChI is InChI=1S/C19H31N3O5S/c1-13(2)10-22(16-8-9-28(25,26)12-16)18(23)11-27-19(24)7-6-17-14(3)20-21(5)15(17)4/h13,16H,6-12H2,1-5H3. The third-order valence-corrected chi connectivity index (χ3v) is 6.88. The van der Waals surface area contributed by atoms with Crippen LogP contribution in [0.4, 0.5) is 0 Å². The van der Waals surface area contributed by atoms with Gasteiger partial charge in [-0.2, -0.15) is 5.10 Å². The van der Waals surface area contributed by atoms with Crippen molar-refractivity contribution in [3.63, 3.8) is 0 Å². The van der Waals surface area contributed by atoms with Gasteiger partial charge in [0.2, 0.25) is 0 Å². The van der Waals surface area contributed by atoms with E-state index in [9.17, 15) is 18.0 Å². The number of aryl methyl sites for hydroxylation is 2. The van der Waals surface area contributed by atoms with Crippen molar-refractivity contribution in [3.8, 4) is 0 Å². The molecule has 1 unspecified atom stereocenters. The largest absolute Gasteiger partial charge is 0.456 e. The van der Waals surface area contributed by atoms with Crippen molar-refractivity contribution < 1.29 is 22.7 Å². The van der Waals surface area contributed by atoms with Gasteiger partial charge in [-0.15, -0.1) is 0 Å². The van der Waals surface area contributed by atoms with E-state index in [1.54, 1.807) is 9.58 Å². The number of aromatic nitrogens is 2. The van der Waals surface area contributed by atoms with Gasteiger partial charge in [-0.05, 0) is 38.2 Å². The lowest BCUT2D eigenvalue weighted by Gasteiger charge is -2.29. The van der Waals surface area contributed by atoms with E-state index in [0.29, 0.717) is 19.4 Å². The number of hydrogen-bond donors (Lipinski definition) is 0. The monoisotopic (exact) mass is 413 g/mol. The van der Waals surface area contributed by atoms with Gasteiger partial charge >= 0.3 is 5.97 Å². The third kappa shape index (κ3) is 5.80. The predicted octanol–water partition coefficient (Wildman–Crippen LogP) is 1.18. The van der Waals surface area contributed by atoms with Crippen molar-refractivity contribution in [2.45, 2.75) is 53.0 Å². The summed E-state index contributed by atoms with van der Waals surface area (Å²) in [5.41, 5.74) is 2.91. The smallest absolute Gasteiger partial charge is 0.306 e. The van der Waals surface area contributed by atoms with Crippen LogP contribution in [-0.2, 0) is 37.6 Å². The number of amides is 1. The first kappa shape index (κ1) is 22.4. The van der Waals surface area contributed by atoms with Gasteiger partial charge in [-0.1, -0.05) is 13.8 Å². The molecule has 0 radical (unpaired) electrons. The fourth-order valence-electron chi connectivity index (χ4n) is 3.57. The average Bonchev–Trinajstić information content (AvgIpc) is 3.07. The Morgan fingerprint density at radius 2 is 2.00 bits per heavy atom. The fraction of sp³-hybridized carbons (Fsp3) is 0.737. The molecule has 1 atom stereocenters. The van der Waals surface area contributed by atoms with Crippen molar-refractivity contribution in [3.05, 3.63) is 17.0 Å². The number of hydrogen-bond acceptors (Lipinski definition) is 6. The Kier molecular flexibility index (Phi) is 7.25. The lowest BCUT2D eigenvalue weighted by Crippen LogP contribution is -2.45. The lowest BCUT2D eigenvalue weighted by atomic mass is 10.1. The molecule has 1 aromatic heterocycles. The van der Waals surface area contributed by atoms with Crippen LogP contribution in [0.15, 0.2) is 0 Å². The quantitative estimate of drug-likeness (QED) is 0.594. The molecule has 8 nitrogen and oxygen atoms in total. The van der Waals surface area contributed by atoms with Crippen molar-refractivity contribution >= 4 is 21.7 Å². The van der Waals surface area contributed by atoms with Crippen LogP contribution in [0.1, 0.15) is 43.6 Å². The summed E-state index contributed by atoms with van der Waals surface area (Å²) in [5.74, 6) is -0.501. The first-order chi connectivity index (χ1) is 13.0. The van der Waals surface area contributed by atoms with Crippen LogP contribution in [0.25, 0.3) is 0 Å². The summed E-state index contributed by atoms with van der Waals surface area (Å²) in [6, 6.07) is -0.334. The van der Waals surface area contributed by atoms with E-state index in [1.807, 2.05) is 34.7 Å². The molecule has 1 saturated heterocycles. The predicted molar refractivity (Wildman–Crippen MR) is 106 cm³/mol. The van der Waals surface area contributed by atoms with Crippen LogP contribution in [0.2, 0.25) is 0 Å². The molecule has 0 N–H and O–H groups in total. The molecular formula is C19H31N3O5S. The minimum Gasteiger partial charge on any atom is -0.456 e. The van der Waals surface area contributed by atoms with Gasteiger partial charge in [0.05, 0.1) is 17.2 Å². The van der Waals surface area contributed by atoms with Gasteiger partial charge in [-0.25, -0.2) is 8.42 Å². The summed E-state index contributed by atoms with van der Waals surface area (Å²) in [6.07, 6.45) is 1.12. The van der Waals surface area contributed by atoms with E-state index in [4.69, 9.17) is 4.74 Å². The molecule has 2 heterocycles. The maximum absolute atomic E-state index is 12.6. The Balaban J connectivity index is 1.89. The Labute approximate surface area is 167 Å². The zero-order chi connectivity index (χ0) is 21.1. The average molecular weight is 414 g/mol. The summed E-state index contributed by atoms with van der Waals surface area (Å²) < 4.78 is 30.5. The second-order valence-electron chi connectivity index (χ2n) is 7.93. The van der Waals surface area contributed by atoms with Gasteiger partial charge in [-0.3, -0.25) is 14.3 Å². The lowest BCUT2D eigenvalue weighted by molar-refractivity contribution is -0.153. The zero-order valence-electron chi connectivity index (χ0n) is 17.4. The normalized spacial score (nSPS) is 18.4. The van der Waals surface area contributed by atoms with Crippen molar-refractivity contribution in [2.75, 3.05) is 24.7 Å². The van der Waals surface area contributed by atoms with E-state index in [1.165, 1.54) is 0 Å². The van der Waals surface area contributed by atoms with Crippen LogP contribution >= 0.6 is 0 Å². The molecule has 0 aromatic carbocycles. The van der Waals surface area contributed by atoms with Crippen LogP contribution in [0.3, 0.4) is 0 Å². The van der Waals surface area contributed by atoms with E-state index in [2.05, 4.69) is 5.10 Å². The van der Waals surface area contributed by atoms with E-state index < -0.39 is 15.8 Å². The van der Waals surface area contributed by atoms with Crippen LogP contribution in [0.5, 0.6) is 0 Å². The summed E-state index contributed by atoms with van der Waals surface area (Å²) in [4.78, 5) is 26.3. The van der Waals surface area contributed by atoms with E-state index in [0.717, 1.165) is 17.0 Å². The summed E-state index contributed by atoms with van der Waals surface area (Å²) in [5, 5.41) is 4.32. The third-order valence-electron chi connectivity index (χ3n) is 5.13. The highest BCUT2D eigenvalue weighted by Crippen LogP contribution is 2.19. The number of sulfone groups is 1. The summed E-state index contributed by atoms with van der Waals surface area (Å²) in [6.45, 7) is 7.88. The number of esters is 1. The number of ether oxygens (including phenoxy) is 1. The molecule has 0 aliphatic carbocycles. The summed E-state index contributed by atoms with van der Waals surface area (Å²) >= 11 is 0. The van der Waals surface area contributed by atoms with E-state index >= 15 is 0 Å². The molecule has 1 aliphatic heterocycles. The van der Waals surface area contributed by atoms with Crippen LogP contribution in [-0.4, -0.2) is 65.7 Å². The van der Waals surface area contributed by atoms with Crippen molar-refractivity contribution in [1.82, 2.24) is 14.7 Å². The molecule has 9 heteroatoms. The highest BCUT2D eigenvalue weighted by molar-refractivity contribution is 7.91. The maximum Gasteiger partial charge on any atom is 0.306 e. The highest BCUT2D eigenvalue weighted by Gasteiger charge is 2.35. The fourth-order valence-corrected chi connectivity index (χ4v) is 5.30. The molecule has 0 saturated carbocycles. The van der Waals surface area contributed by atoms with E-state index in [-0.39, 0.29) is 42.4 Å². The molecule has 0 bridgehead atoms. The van der Waals surface area contributed by atoms with Crippen molar-refractivity contribution in [2.24, 2.45) is 13.0 Å². The molecule has 2 rings (SSSR count). The molecule has 158 valence electrons. The molecule has 1 fully saturated rings. The molecule has 1 aliphatic rings. The first-order valence-corrected chi connectivity index (χ1v) is 11.5. The van der Waals surface area contributed by atoms with Gasteiger partial charge in [0.25, 0.3) is 5.91 Å². The SMILES string of the molecule is Cc1nn(C)c(C)c1CCC(=O)OCC(=O)N(CC(C)C)C1CCS(=O)(=O)C1. The number of nitrogens with zero attached hydrogens (tertiary/aromatic N) is 3. The molecular weight excluding hydrogens is 382 g/mol. The van der Waals surface area contributed by atoms with Crippen LogP contribution in [0, 0.1) is 19.8 Å². The van der Waals surface area contributed by atoms with Gasteiger partial charge < -0.3 is 9.64 Å². The van der Waals surface area contributed by atoms with Crippen molar-refractivity contribution in [1.29, 1.82) is 0 Å². The Hall–Kier alpha value is -1.90. The topological polar surface area (TPSA) is 98.6 Å². The highest BCUT2D eigenvalue weighted by atomic mass is 32.2. The molecule has 1 aromatic rings. The number of carbonyl (C=O) groups is 2. The number of rotatable bonds is 8. The number of carbonyl (C=O) groups excluding carboxylic acids is 2. The van der Waals surface area contributed by atoms with Gasteiger partial charge in [0, 0.05) is 31.7 Å². The molecule has 1 amide bonds. The summed E-state index contributed by atoms with van der Waals surface area (Å²) in [7, 11) is -1.24. The zero-order valence-corrected chi connectivity index (χ0v) is 18.2. The van der Waals surface area contributed by atoms with Gasteiger partial charge in [0.15, 0.2) is 16.4 Å². The minimum absolute atomic E-state index is 0.0149. The Bertz CT molecular complexity index is 829. The van der Waals surface area contributed by atoms with Gasteiger partial charge in [0.1, 0.15) is 0 Å². The Morgan fingerprint density at radius 3 is 2.50 bits per heavy atom. The van der Waals surface area contributed by atoms with Crippen LogP contribution < -0.4 is 0 Å². The second kappa shape index (κ2) is 9.07.